The molecule has 1 aromatic rings. The summed E-state index contributed by atoms with van der Waals surface area (Å²) in [4.78, 5) is 4.04. The van der Waals surface area contributed by atoms with Crippen molar-refractivity contribution in [2.75, 3.05) is 5.75 Å². The van der Waals surface area contributed by atoms with E-state index in [2.05, 4.69) is 20.9 Å². The van der Waals surface area contributed by atoms with Gasteiger partial charge in [-0.1, -0.05) is 6.92 Å². The molecule has 1 heterocycles. The lowest BCUT2D eigenvalue weighted by molar-refractivity contribution is 0.593. The molecule has 0 radical (unpaired) electrons. The van der Waals surface area contributed by atoms with E-state index in [-0.39, 0.29) is 11.5 Å². The van der Waals surface area contributed by atoms with Crippen LogP contribution in [0.3, 0.4) is 0 Å². The van der Waals surface area contributed by atoms with Gasteiger partial charge in [-0.25, -0.2) is 13.4 Å². The summed E-state index contributed by atoms with van der Waals surface area (Å²) in [6.07, 6.45) is 1.74. The number of sulfone groups is 1. The predicted molar refractivity (Wildman–Crippen MR) is 54.1 cm³/mol. The molecular formula is C7H11BrN2O2S. The van der Waals surface area contributed by atoms with Gasteiger partial charge in [0.2, 0.25) is 0 Å². The van der Waals surface area contributed by atoms with Crippen molar-refractivity contribution in [1.29, 1.82) is 0 Å². The SMILES string of the molecule is CCS(=O)(=O)Cc1nc(Br)cn1C. The summed E-state index contributed by atoms with van der Waals surface area (Å²) in [6, 6.07) is 0. The predicted octanol–water partition coefficient (Wildman–Crippen LogP) is 1.12. The van der Waals surface area contributed by atoms with E-state index in [9.17, 15) is 8.42 Å². The zero-order valence-corrected chi connectivity index (χ0v) is 9.89. The molecule has 0 bridgehead atoms. The van der Waals surface area contributed by atoms with Crippen LogP contribution in [0.1, 0.15) is 12.7 Å². The van der Waals surface area contributed by atoms with Crippen molar-refractivity contribution in [1.82, 2.24) is 9.55 Å². The van der Waals surface area contributed by atoms with Gasteiger partial charge in [-0.2, -0.15) is 0 Å². The zero-order chi connectivity index (χ0) is 10.1. The molecule has 0 saturated heterocycles. The van der Waals surface area contributed by atoms with Crippen molar-refractivity contribution >= 4 is 25.8 Å². The minimum absolute atomic E-state index is 0.00556. The van der Waals surface area contributed by atoms with E-state index < -0.39 is 9.84 Å². The van der Waals surface area contributed by atoms with Crippen molar-refractivity contribution in [3.05, 3.63) is 16.6 Å². The Balaban J connectivity index is 2.92. The van der Waals surface area contributed by atoms with Crippen molar-refractivity contribution in [3.63, 3.8) is 0 Å². The van der Waals surface area contributed by atoms with E-state index in [4.69, 9.17) is 0 Å². The van der Waals surface area contributed by atoms with Gasteiger partial charge in [0, 0.05) is 19.0 Å². The Bertz CT molecular complexity index is 397. The summed E-state index contributed by atoms with van der Waals surface area (Å²) < 4.78 is 24.9. The Morgan fingerprint density at radius 1 is 1.62 bits per heavy atom. The van der Waals surface area contributed by atoms with Gasteiger partial charge in [-0.3, -0.25) is 0 Å². The van der Waals surface area contributed by atoms with E-state index in [1.165, 1.54) is 0 Å². The second-order valence-corrected chi connectivity index (χ2v) is 5.93. The van der Waals surface area contributed by atoms with Crippen LogP contribution in [0.2, 0.25) is 0 Å². The van der Waals surface area contributed by atoms with Crippen molar-refractivity contribution in [2.45, 2.75) is 12.7 Å². The molecule has 0 aliphatic rings. The fourth-order valence-corrected chi connectivity index (χ4v) is 2.28. The van der Waals surface area contributed by atoms with Crippen molar-refractivity contribution < 1.29 is 8.42 Å². The van der Waals surface area contributed by atoms with E-state index in [0.717, 1.165) is 0 Å². The molecule has 0 unspecified atom stereocenters. The summed E-state index contributed by atoms with van der Waals surface area (Å²) in [5.74, 6) is 0.719. The number of hydrogen-bond donors (Lipinski definition) is 0. The van der Waals surface area contributed by atoms with Crippen LogP contribution in [-0.2, 0) is 22.6 Å². The van der Waals surface area contributed by atoms with Crippen LogP contribution in [-0.4, -0.2) is 23.7 Å². The summed E-state index contributed by atoms with van der Waals surface area (Å²) in [5, 5.41) is 0. The van der Waals surface area contributed by atoms with E-state index in [0.29, 0.717) is 10.4 Å². The Kier molecular flexibility index (Phi) is 3.13. The molecule has 0 spiro atoms. The van der Waals surface area contributed by atoms with Crippen molar-refractivity contribution in [2.24, 2.45) is 7.05 Å². The van der Waals surface area contributed by atoms with Gasteiger partial charge in [0.15, 0.2) is 9.84 Å². The molecule has 74 valence electrons. The molecule has 4 nitrogen and oxygen atoms in total. The third kappa shape index (κ3) is 2.80. The van der Waals surface area contributed by atoms with Crippen LogP contribution in [0, 0.1) is 0 Å². The number of hydrogen-bond acceptors (Lipinski definition) is 3. The van der Waals surface area contributed by atoms with Crippen LogP contribution < -0.4 is 0 Å². The van der Waals surface area contributed by atoms with E-state index in [1.54, 1.807) is 24.7 Å². The second kappa shape index (κ2) is 3.79. The lowest BCUT2D eigenvalue weighted by Crippen LogP contribution is -2.10. The van der Waals surface area contributed by atoms with Crippen LogP contribution in [0.5, 0.6) is 0 Å². The summed E-state index contributed by atoms with van der Waals surface area (Å²) in [6.45, 7) is 1.63. The van der Waals surface area contributed by atoms with Crippen LogP contribution in [0.25, 0.3) is 0 Å². The number of aromatic nitrogens is 2. The number of rotatable bonds is 3. The number of imidazole rings is 1. The highest BCUT2D eigenvalue weighted by molar-refractivity contribution is 9.10. The van der Waals surface area contributed by atoms with Gasteiger partial charge in [0.05, 0.1) is 0 Å². The highest BCUT2D eigenvalue weighted by atomic mass is 79.9. The molecule has 0 saturated carbocycles. The number of nitrogens with zero attached hydrogens (tertiary/aromatic N) is 2. The first-order valence-electron chi connectivity index (χ1n) is 3.83. The topological polar surface area (TPSA) is 52.0 Å². The summed E-state index contributed by atoms with van der Waals surface area (Å²) >= 11 is 3.19. The van der Waals surface area contributed by atoms with Crippen LogP contribution in [0.4, 0.5) is 0 Å². The van der Waals surface area contributed by atoms with Gasteiger partial charge < -0.3 is 4.57 Å². The zero-order valence-electron chi connectivity index (χ0n) is 7.49. The molecule has 1 aromatic heterocycles. The molecule has 0 aliphatic heterocycles. The maximum Gasteiger partial charge on any atom is 0.157 e. The maximum atomic E-state index is 11.3. The highest BCUT2D eigenvalue weighted by Crippen LogP contribution is 2.11. The van der Waals surface area contributed by atoms with E-state index >= 15 is 0 Å². The third-order valence-corrected chi connectivity index (χ3v) is 3.69. The van der Waals surface area contributed by atoms with Crippen LogP contribution >= 0.6 is 15.9 Å². The Morgan fingerprint density at radius 3 is 2.62 bits per heavy atom. The molecule has 6 heteroatoms. The number of aryl methyl sites for hydroxylation is 1. The first kappa shape index (κ1) is 10.7. The summed E-state index contributed by atoms with van der Waals surface area (Å²) in [5.41, 5.74) is 0. The first-order valence-corrected chi connectivity index (χ1v) is 6.44. The third-order valence-electron chi connectivity index (χ3n) is 1.73. The van der Waals surface area contributed by atoms with Gasteiger partial charge in [0.1, 0.15) is 16.2 Å². The minimum atomic E-state index is -2.99. The molecule has 0 aromatic carbocycles. The van der Waals surface area contributed by atoms with Gasteiger partial charge in [-0.15, -0.1) is 0 Å². The van der Waals surface area contributed by atoms with E-state index in [1.807, 2.05) is 0 Å². The van der Waals surface area contributed by atoms with Gasteiger partial charge in [0.25, 0.3) is 0 Å². The molecule has 0 N–H and O–H groups in total. The molecule has 0 aliphatic carbocycles. The van der Waals surface area contributed by atoms with Crippen molar-refractivity contribution in [3.8, 4) is 0 Å². The number of halogens is 1. The molecule has 0 amide bonds. The molecule has 13 heavy (non-hydrogen) atoms. The standard InChI is InChI=1S/C7H11BrN2O2S/c1-3-13(11,12)5-7-9-6(8)4-10(7)2/h4H,3,5H2,1-2H3. The average Bonchev–Trinajstić information content (AvgIpc) is 2.30. The summed E-state index contributed by atoms with van der Waals surface area (Å²) in [7, 11) is -1.21. The lowest BCUT2D eigenvalue weighted by atomic mass is 10.7. The smallest absolute Gasteiger partial charge is 0.157 e. The van der Waals surface area contributed by atoms with Crippen LogP contribution in [0.15, 0.2) is 10.8 Å². The Hall–Kier alpha value is -0.360. The van der Waals surface area contributed by atoms with Gasteiger partial charge >= 0.3 is 0 Å². The first-order chi connectivity index (χ1) is 5.94. The lowest BCUT2D eigenvalue weighted by Gasteiger charge is -2.00. The average molecular weight is 267 g/mol. The molecule has 1 rings (SSSR count). The highest BCUT2D eigenvalue weighted by Gasteiger charge is 2.13. The second-order valence-electron chi connectivity index (χ2n) is 2.77. The quantitative estimate of drug-likeness (QED) is 0.824. The molecule has 0 fully saturated rings. The Labute approximate surface area is 86.0 Å². The Morgan fingerprint density at radius 2 is 2.23 bits per heavy atom. The minimum Gasteiger partial charge on any atom is -0.336 e. The largest absolute Gasteiger partial charge is 0.336 e. The monoisotopic (exact) mass is 266 g/mol. The fraction of sp³-hybridized carbons (Fsp3) is 0.571. The molecule has 0 atom stereocenters. The fourth-order valence-electron chi connectivity index (χ4n) is 0.898. The molecular weight excluding hydrogens is 256 g/mol. The normalized spacial score (nSPS) is 11.9. The maximum absolute atomic E-state index is 11.3. The van der Waals surface area contributed by atoms with Gasteiger partial charge in [-0.05, 0) is 15.9 Å².